The molecule has 3 amide bonds. The first kappa shape index (κ1) is 23.5. The SMILES string of the molecule is CC(C)C(NC(=O)c1c(F)cccc1F)C(=O)NNC(=O)c1csc(N2CCOCC2)n1. The minimum Gasteiger partial charge on any atom is -0.378 e. The molecule has 0 bridgehead atoms. The van der Waals surface area contributed by atoms with Gasteiger partial charge in [0.2, 0.25) is 0 Å². The van der Waals surface area contributed by atoms with Crippen molar-refractivity contribution < 1.29 is 27.9 Å². The third-order valence-electron chi connectivity index (χ3n) is 4.73. The number of morpholine rings is 1. The number of amides is 3. The Bertz CT molecular complexity index is 974. The topological polar surface area (TPSA) is 113 Å². The quantitative estimate of drug-likeness (QED) is 0.555. The fraction of sp³-hybridized carbons (Fsp3) is 0.400. The van der Waals surface area contributed by atoms with Crippen LogP contribution < -0.4 is 21.1 Å². The molecule has 9 nitrogen and oxygen atoms in total. The first-order chi connectivity index (χ1) is 15.3. The predicted molar refractivity (Wildman–Crippen MR) is 113 cm³/mol. The average molecular weight is 467 g/mol. The smallest absolute Gasteiger partial charge is 0.289 e. The molecule has 1 atom stereocenters. The first-order valence-electron chi connectivity index (χ1n) is 9.91. The standard InChI is InChI=1S/C20H23F2N5O4S/c1-11(2)16(24-18(29)15-12(21)4-3-5-13(15)22)19(30)26-25-17(28)14-10-32-20(23-14)27-6-8-31-9-7-27/h3-5,10-11,16H,6-9H2,1-2H3,(H,24,29)(H,25,28)(H,26,30). The number of thiazole rings is 1. The van der Waals surface area contributed by atoms with Crippen LogP contribution in [0.4, 0.5) is 13.9 Å². The third kappa shape index (κ3) is 5.56. The van der Waals surface area contributed by atoms with Crippen molar-refractivity contribution in [2.45, 2.75) is 19.9 Å². The van der Waals surface area contributed by atoms with Gasteiger partial charge in [-0.3, -0.25) is 25.2 Å². The second kappa shape index (κ2) is 10.5. The molecule has 1 fully saturated rings. The average Bonchev–Trinajstić information content (AvgIpc) is 3.26. The Hall–Kier alpha value is -3.12. The van der Waals surface area contributed by atoms with Crippen LogP contribution in [0.15, 0.2) is 23.6 Å². The summed E-state index contributed by atoms with van der Waals surface area (Å²) in [4.78, 5) is 43.5. The van der Waals surface area contributed by atoms with E-state index in [1.165, 1.54) is 11.3 Å². The number of nitrogens with zero attached hydrogens (tertiary/aromatic N) is 2. The van der Waals surface area contributed by atoms with E-state index in [4.69, 9.17) is 4.74 Å². The van der Waals surface area contributed by atoms with Crippen molar-refractivity contribution in [1.29, 1.82) is 0 Å². The molecule has 0 aliphatic carbocycles. The van der Waals surface area contributed by atoms with Crippen molar-refractivity contribution in [3.05, 3.63) is 46.5 Å². The molecule has 3 N–H and O–H groups in total. The second-order valence-corrected chi connectivity index (χ2v) is 8.19. The molecule has 0 saturated carbocycles. The van der Waals surface area contributed by atoms with Crippen LogP contribution in [0, 0.1) is 17.6 Å². The van der Waals surface area contributed by atoms with Gasteiger partial charge in [-0.2, -0.15) is 0 Å². The number of hydrogen-bond acceptors (Lipinski definition) is 7. The van der Waals surface area contributed by atoms with Gasteiger partial charge >= 0.3 is 0 Å². The molecule has 0 radical (unpaired) electrons. The van der Waals surface area contributed by atoms with Crippen LogP contribution in [-0.2, 0) is 9.53 Å². The number of anilines is 1. The lowest BCUT2D eigenvalue weighted by Crippen LogP contribution is -2.54. The lowest BCUT2D eigenvalue weighted by Gasteiger charge is -2.25. The lowest BCUT2D eigenvalue weighted by molar-refractivity contribution is -0.124. The van der Waals surface area contributed by atoms with Crippen molar-refractivity contribution in [3.63, 3.8) is 0 Å². The molecule has 2 heterocycles. The van der Waals surface area contributed by atoms with Gasteiger partial charge in [-0.05, 0) is 18.1 Å². The zero-order valence-corrected chi connectivity index (χ0v) is 18.3. The van der Waals surface area contributed by atoms with Crippen molar-refractivity contribution in [1.82, 2.24) is 21.2 Å². The zero-order valence-electron chi connectivity index (χ0n) is 17.5. The summed E-state index contributed by atoms with van der Waals surface area (Å²) in [5.41, 5.74) is 3.81. The number of benzene rings is 1. The summed E-state index contributed by atoms with van der Waals surface area (Å²) < 4.78 is 33.0. The molecular formula is C20H23F2N5O4S. The van der Waals surface area contributed by atoms with E-state index in [1.54, 1.807) is 19.2 Å². The summed E-state index contributed by atoms with van der Waals surface area (Å²) in [6.45, 7) is 5.78. The highest BCUT2D eigenvalue weighted by molar-refractivity contribution is 7.13. The maximum Gasteiger partial charge on any atom is 0.289 e. The molecule has 0 spiro atoms. The van der Waals surface area contributed by atoms with Gasteiger partial charge in [-0.15, -0.1) is 11.3 Å². The number of ether oxygens (including phenoxy) is 1. The van der Waals surface area contributed by atoms with Crippen molar-refractivity contribution in [2.75, 3.05) is 31.2 Å². The molecule has 2 aromatic rings. The molecular weight excluding hydrogens is 444 g/mol. The molecule has 1 aromatic carbocycles. The highest BCUT2D eigenvalue weighted by Crippen LogP contribution is 2.21. The Kier molecular flexibility index (Phi) is 7.70. The Morgan fingerprint density at radius 2 is 1.75 bits per heavy atom. The van der Waals surface area contributed by atoms with Gasteiger partial charge in [0.25, 0.3) is 17.7 Å². The number of halogens is 2. The van der Waals surface area contributed by atoms with E-state index in [1.807, 2.05) is 4.90 Å². The van der Waals surface area contributed by atoms with Crippen LogP contribution in [0.2, 0.25) is 0 Å². The van der Waals surface area contributed by atoms with E-state index in [9.17, 15) is 23.2 Å². The van der Waals surface area contributed by atoms with E-state index < -0.39 is 46.9 Å². The maximum absolute atomic E-state index is 13.9. The third-order valence-corrected chi connectivity index (χ3v) is 5.63. The largest absolute Gasteiger partial charge is 0.378 e. The molecule has 1 saturated heterocycles. The van der Waals surface area contributed by atoms with Gasteiger partial charge in [-0.1, -0.05) is 19.9 Å². The number of rotatable bonds is 6. The van der Waals surface area contributed by atoms with Crippen LogP contribution in [0.25, 0.3) is 0 Å². The van der Waals surface area contributed by atoms with E-state index in [2.05, 4.69) is 21.2 Å². The molecule has 172 valence electrons. The number of hydrazine groups is 1. The van der Waals surface area contributed by atoms with E-state index in [0.717, 1.165) is 18.2 Å². The van der Waals surface area contributed by atoms with Crippen LogP contribution in [0.1, 0.15) is 34.7 Å². The minimum absolute atomic E-state index is 0.121. The summed E-state index contributed by atoms with van der Waals surface area (Å²) in [7, 11) is 0. The summed E-state index contributed by atoms with van der Waals surface area (Å²) in [5.74, 6) is -4.98. The van der Waals surface area contributed by atoms with E-state index >= 15 is 0 Å². The van der Waals surface area contributed by atoms with Crippen LogP contribution >= 0.6 is 11.3 Å². The maximum atomic E-state index is 13.9. The number of carbonyl (C=O) groups excluding carboxylic acids is 3. The number of nitrogens with one attached hydrogen (secondary N) is 3. The Morgan fingerprint density at radius 3 is 2.38 bits per heavy atom. The minimum atomic E-state index is -1.15. The second-order valence-electron chi connectivity index (χ2n) is 7.35. The molecule has 1 aliphatic heterocycles. The van der Waals surface area contributed by atoms with Crippen molar-refractivity contribution >= 4 is 34.2 Å². The lowest BCUT2D eigenvalue weighted by atomic mass is 10.0. The van der Waals surface area contributed by atoms with Gasteiger partial charge in [0.15, 0.2) is 5.13 Å². The summed E-state index contributed by atoms with van der Waals surface area (Å²) >= 11 is 1.30. The highest BCUT2D eigenvalue weighted by Gasteiger charge is 2.28. The van der Waals surface area contributed by atoms with Gasteiger partial charge < -0.3 is 15.0 Å². The predicted octanol–water partition coefficient (Wildman–Crippen LogP) is 1.47. The molecule has 1 aromatic heterocycles. The fourth-order valence-electron chi connectivity index (χ4n) is 2.99. The number of aromatic nitrogens is 1. The summed E-state index contributed by atoms with van der Waals surface area (Å²) in [6.07, 6.45) is 0. The summed E-state index contributed by atoms with van der Waals surface area (Å²) in [6, 6.07) is 1.87. The fourth-order valence-corrected chi connectivity index (χ4v) is 3.85. The van der Waals surface area contributed by atoms with Gasteiger partial charge in [-0.25, -0.2) is 13.8 Å². The monoisotopic (exact) mass is 467 g/mol. The molecule has 32 heavy (non-hydrogen) atoms. The van der Waals surface area contributed by atoms with Crippen molar-refractivity contribution in [3.8, 4) is 0 Å². The molecule has 1 aliphatic rings. The number of carbonyl (C=O) groups is 3. The summed E-state index contributed by atoms with van der Waals surface area (Å²) in [5, 5.41) is 4.55. The highest BCUT2D eigenvalue weighted by atomic mass is 32.1. The van der Waals surface area contributed by atoms with E-state index in [-0.39, 0.29) is 5.69 Å². The Labute approximate surface area is 187 Å². The normalized spacial score (nSPS) is 14.7. The van der Waals surface area contributed by atoms with Crippen LogP contribution in [-0.4, -0.2) is 55.1 Å². The zero-order chi connectivity index (χ0) is 23.3. The van der Waals surface area contributed by atoms with E-state index in [0.29, 0.717) is 31.4 Å². The molecule has 1 unspecified atom stereocenters. The van der Waals surface area contributed by atoms with Crippen LogP contribution in [0.5, 0.6) is 0 Å². The Morgan fingerprint density at radius 1 is 1.09 bits per heavy atom. The van der Waals surface area contributed by atoms with Crippen LogP contribution in [0.3, 0.4) is 0 Å². The van der Waals surface area contributed by atoms with Gasteiger partial charge in [0.05, 0.1) is 13.2 Å². The van der Waals surface area contributed by atoms with Gasteiger partial charge in [0, 0.05) is 18.5 Å². The number of hydrogen-bond donors (Lipinski definition) is 3. The molecule has 3 rings (SSSR count). The Balaban J connectivity index is 1.59. The van der Waals surface area contributed by atoms with Crippen molar-refractivity contribution in [2.24, 2.45) is 5.92 Å². The molecule has 12 heteroatoms. The van der Waals surface area contributed by atoms with Gasteiger partial charge in [0.1, 0.15) is 28.9 Å². The first-order valence-corrected chi connectivity index (χ1v) is 10.8.